The Morgan fingerprint density at radius 1 is 0.903 bits per heavy atom. The van der Waals surface area contributed by atoms with Gasteiger partial charge in [-0.15, -0.1) is 0 Å². The van der Waals surface area contributed by atoms with Crippen LogP contribution in [0.2, 0.25) is 0 Å². The van der Waals surface area contributed by atoms with E-state index >= 15 is 0 Å². The van der Waals surface area contributed by atoms with Gasteiger partial charge in [-0.25, -0.2) is 14.6 Å². The van der Waals surface area contributed by atoms with Crippen molar-refractivity contribution in [3.05, 3.63) is 95.7 Å². The summed E-state index contributed by atoms with van der Waals surface area (Å²) in [5.41, 5.74) is 6.33. The zero-order valence-electron chi connectivity index (χ0n) is 17.5. The van der Waals surface area contributed by atoms with Crippen LogP contribution in [0.3, 0.4) is 0 Å². The van der Waals surface area contributed by atoms with E-state index in [0.29, 0.717) is 6.54 Å². The number of hydrogen-bond acceptors (Lipinski definition) is 5. The van der Waals surface area contributed by atoms with Crippen molar-refractivity contribution in [2.24, 2.45) is 0 Å². The molecule has 0 bridgehead atoms. The summed E-state index contributed by atoms with van der Waals surface area (Å²) < 4.78 is 3.89. The van der Waals surface area contributed by atoms with Gasteiger partial charge in [0.2, 0.25) is 0 Å². The van der Waals surface area contributed by atoms with Gasteiger partial charge in [-0.3, -0.25) is 4.68 Å². The molecule has 0 amide bonds. The normalized spacial score (nSPS) is 11.2. The molecule has 0 aliphatic heterocycles. The molecule has 31 heavy (non-hydrogen) atoms. The molecular weight excluding hydrogens is 386 g/mol. The molecular formula is C24H23N7. The van der Waals surface area contributed by atoms with Crippen LogP contribution in [0.1, 0.15) is 22.5 Å². The number of nitrogens with one attached hydrogen (secondary N) is 1. The van der Waals surface area contributed by atoms with Crippen LogP contribution in [0.5, 0.6) is 0 Å². The zero-order valence-corrected chi connectivity index (χ0v) is 17.5. The second kappa shape index (κ2) is 8.02. The molecule has 0 aliphatic carbocycles. The predicted octanol–water partition coefficient (Wildman–Crippen LogP) is 4.29. The molecule has 0 fully saturated rings. The SMILES string of the molecule is Cc1nn(Cc2ccccc2)c(C)c1CNc1ncnc2c1cnn2-c1ccccc1. The van der Waals surface area contributed by atoms with Crippen molar-refractivity contribution in [2.45, 2.75) is 26.9 Å². The fraction of sp³-hybridized carbons (Fsp3) is 0.167. The van der Waals surface area contributed by atoms with Gasteiger partial charge < -0.3 is 5.32 Å². The summed E-state index contributed by atoms with van der Waals surface area (Å²) >= 11 is 0. The van der Waals surface area contributed by atoms with E-state index in [1.807, 2.05) is 47.3 Å². The fourth-order valence-corrected chi connectivity index (χ4v) is 3.82. The van der Waals surface area contributed by atoms with Crippen molar-refractivity contribution in [1.29, 1.82) is 0 Å². The Hall–Kier alpha value is -4.00. The Morgan fingerprint density at radius 2 is 1.65 bits per heavy atom. The van der Waals surface area contributed by atoms with E-state index < -0.39 is 0 Å². The Kier molecular flexibility index (Phi) is 4.92. The third kappa shape index (κ3) is 3.66. The highest BCUT2D eigenvalue weighted by Crippen LogP contribution is 2.23. The third-order valence-corrected chi connectivity index (χ3v) is 5.51. The van der Waals surface area contributed by atoms with E-state index in [4.69, 9.17) is 5.10 Å². The number of aryl methyl sites for hydroxylation is 1. The van der Waals surface area contributed by atoms with E-state index in [-0.39, 0.29) is 0 Å². The smallest absolute Gasteiger partial charge is 0.168 e. The van der Waals surface area contributed by atoms with Gasteiger partial charge >= 0.3 is 0 Å². The molecule has 0 saturated carbocycles. The van der Waals surface area contributed by atoms with Crippen molar-refractivity contribution in [1.82, 2.24) is 29.5 Å². The van der Waals surface area contributed by atoms with E-state index in [1.165, 1.54) is 11.1 Å². The van der Waals surface area contributed by atoms with Crippen molar-refractivity contribution in [3.63, 3.8) is 0 Å². The van der Waals surface area contributed by atoms with Crippen LogP contribution in [0, 0.1) is 13.8 Å². The lowest BCUT2D eigenvalue weighted by Gasteiger charge is -2.08. The molecule has 0 radical (unpaired) electrons. The minimum Gasteiger partial charge on any atom is -0.365 e. The van der Waals surface area contributed by atoms with Gasteiger partial charge in [0.15, 0.2) is 5.65 Å². The molecule has 0 unspecified atom stereocenters. The van der Waals surface area contributed by atoms with Crippen LogP contribution in [0.25, 0.3) is 16.7 Å². The number of para-hydroxylation sites is 1. The topological polar surface area (TPSA) is 73.5 Å². The van der Waals surface area contributed by atoms with Gasteiger partial charge in [-0.1, -0.05) is 48.5 Å². The number of hydrogen-bond donors (Lipinski definition) is 1. The molecule has 2 aromatic carbocycles. The number of aromatic nitrogens is 6. The molecule has 3 aromatic heterocycles. The highest BCUT2D eigenvalue weighted by atomic mass is 15.3. The van der Waals surface area contributed by atoms with E-state index in [2.05, 4.69) is 63.2 Å². The van der Waals surface area contributed by atoms with Crippen LogP contribution in [0.4, 0.5) is 5.82 Å². The highest BCUT2D eigenvalue weighted by Gasteiger charge is 2.14. The highest BCUT2D eigenvalue weighted by molar-refractivity contribution is 5.87. The molecule has 0 spiro atoms. The summed E-state index contributed by atoms with van der Waals surface area (Å²) in [4.78, 5) is 8.91. The van der Waals surface area contributed by atoms with Crippen molar-refractivity contribution < 1.29 is 0 Å². The Bertz CT molecular complexity index is 1320. The number of benzene rings is 2. The molecule has 0 atom stereocenters. The molecule has 5 aromatic rings. The van der Waals surface area contributed by atoms with E-state index in [0.717, 1.165) is 40.5 Å². The van der Waals surface area contributed by atoms with Crippen molar-refractivity contribution in [2.75, 3.05) is 5.32 Å². The van der Waals surface area contributed by atoms with E-state index in [1.54, 1.807) is 6.33 Å². The van der Waals surface area contributed by atoms with Crippen molar-refractivity contribution >= 4 is 16.9 Å². The maximum Gasteiger partial charge on any atom is 0.168 e. The lowest BCUT2D eigenvalue weighted by atomic mass is 10.2. The van der Waals surface area contributed by atoms with Crippen LogP contribution >= 0.6 is 0 Å². The van der Waals surface area contributed by atoms with Gasteiger partial charge in [-0.2, -0.15) is 10.2 Å². The Balaban J connectivity index is 1.40. The quantitative estimate of drug-likeness (QED) is 0.453. The van der Waals surface area contributed by atoms with Crippen LogP contribution in [-0.4, -0.2) is 29.5 Å². The van der Waals surface area contributed by atoms with Crippen LogP contribution in [0.15, 0.2) is 73.2 Å². The lowest BCUT2D eigenvalue weighted by Crippen LogP contribution is -2.06. The molecule has 5 rings (SSSR count). The summed E-state index contributed by atoms with van der Waals surface area (Å²) in [6.45, 7) is 5.56. The second-order valence-corrected chi connectivity index (χ2v) is 7.50. The summed E-state index contributed by atoms with van der Waals surface area (Å²) in [7, 11) is 0. The molecule has 154 valence electrons. The van der Waals surface area contributed by atoms with E-state index in [9.17, 15) is 0 Å². The fourth-order valence-electron chi connectivity index (χ4n) is 3.82. The van der Waals surface area contributed by atoms with Gasteiger partial charge in [0.05, 0.1) is 29.5 Å². The lowest BCUT2D eigenvalue weighted by molar-refractivity contribution is 0.658. The standard InChI is InChI=1S/C24H23N7/c1-17-21(18(2)30(29-17)15-19-9-5-3-6-10-19)13-25-23-22-14-28-31(24(22)27-16-26-23)20-11-7-4-8-12-20/h3-12,14,16H,13,15H2,1-2H3,(H,25,26,27). The minimum absolute atomic E-state index is 0.634. The Morgan fingerprint density at radius 3 is 2.42 bits per heavy atom. The van der Waals surface area contributed by atoms with Gasteiger partial charge in [0.1, 0.15) is 12.1 Å². The predicted molar refractivity (Wildman–Crippen MR) is 121 cm³/mol. The van der Waals surface area contributed by atoms with Gasteiger partial charge in [0.25, 0.3) is 0 Å². The largest absolute Gasteiger partial charge is 0.365 e. The molecule has 0 saturated heterocycles. The molecule has 3 heterocycles. The number of anilines is 1. The average molecular weight is 409 g/mol. The average Bonchev–Trinajstić information content (AvgIpc) is 3.35. The Labute approximate surface area is 180 Å². The number of rotatable bonds is 6. The zero-order chi connectivity index (χ0) is 21.2. The third-order valence-electron chi connectivity index (χ3n) is 5.51. The number of nitrogens with zero attached hydrogens (tertiary/aromatic N) is 6. The minimum atomic E-state index is 0.634. The van der Waals surface area contributed by atoms with Crippen LogP contribution in [-0.2, 0) is 13.1 Å². The summed E-state index contributed by atoms with van der Waals surface area (Å²) in [5.74, 6) is 0.766. The summed E-state index contributed by atoms with van der Waals surface area (Å²) in [5, 5.41) is 13.6. The molecule has 1 N–H and O–H groups in total. The summed E-state index contributed by atoms with van der Waals surface area (Å²) in [6, 6.07) is 20.4. The molecule has 0 aliphatic rings. The first-order chi connectivity index (χ1) is 15.2. The maximum absolute atomic E-state index is 4.75. The maximum atomic E-state index is 4.75. The second-order valence-electron chi connectivity index (χ2n) is 7.50. The van der Waals surface area contributed by atoms with Crippen LogP contribution < -0.4 is 5.32 Å². The van der Waals surface area contributed by atoms with Crippen molar-refractivity contribution in [3.8, 4) is 5.69 Å². The first-order valence-electron chi connectivity index (χ1n) is 10.3. The first kappa shape index (κ1) is 19.0. The first-order valence-corrected chi connectivity index (χ1v) is 10.3. The number of fused-ring (bicyclic) bond motifs is 1. The molecule has 7 heteroatoms. The summed E-state index contributed by atoms with van der Waals surface area (Å²) in [6.07, 6.45) is 3.38. The molecule has 7 nitrogen and oxygen atoms in total. The monoisotopic (exact) mass is 409 g/mol. The van der Waals surface area contributed by atoms with Gasteiger partial charge in [-0.05, 0) is 31.5 Å². The van der Waals surface area contributed by atoms with Gasteiger partial charge in [0, 0.05) is 17.8 Å².